The molecule has 0 fully saturated rings. The molecule has 4 rings (SSSR count). The van der Waals surface area contributed by atoms with Gasteiger partial charge in [-0.05, 0) is 30.6 Å². The summed E-state index contributed by atoms with van der Waals surface area (Å²) in [6.45, 7) is 1.85. The van der Waals surface area contributed by atoms with E-state index in [0.29, 0.717) is 15.8 Å². The molecular formula is C12H7N7O2S2. The SMILES string of the molecule is Cc1nnsc1-c1nnc2sc(-c3ccc([N+](=O)[O-])cc3)nn12. The van der Waals surface area contributed by atoms with Gasteiger partial charge in [0.2, 0.25) is 4.96 Å². The van der Waals surface area contributed by atoms with E-state index < -0.39 is 4.92 Å². The molecule has 11 heteroatoms. The van der Waals surface area contributed by atoms with Gasteiger partial charge in [-0.25, -0.2) is 0 Å². The van der Waals surface area contributed by atoms with Crippen LogP contribution in [0, 0.1) is 17.0 Å². The summed E-state index contributed by atoms with van der Waals surface area (Å²) in [4.78, 5) is 11.7. The van der Waals surface area contributed by atoms with Crippen LogP contribution >= 0.6 is 22.9 Å². The molecule has 9 nitrogen and oxygen atoms in total. The Kier molecular flexibility index (Phi) is 3.09. The maximum Gasteiger partial charge on any atom is 0.269 e. The fraction of sp³-hybridized carbons (Fsp3) is 0.0833. The van der Waals surface area contributed by atoms with Crippen molar-refractivity contribution in [3.8, 4) is 21.3 Å². The average Bonchev–Trinajstić information content (AvgIpc) is 3.22. The largest absolute Gasteiger partial charge is 0.269 e. The van der Waals surface area contributed by atoms with E-state index in [9.17, 15) is 10.1 Å². The molecule has 1 aromatic carbocycles. The van der Waals surface area contributed by atoms with Crippen LogP contribution in [0.25, 0.3) is 26.2 Å². The number of fused-ring (bicyclic) bond motifs is 1. The third-order valence-corrected chi connectivity index (χ3v) is 4.94. The van der Waals surface area contributed by atoms with Gasteiger partial charge in [-0.2, -0.15) is 9.61 Å². The van der Waals surface area contributed by atoms with Gasteiger partial charge in [-0.3, -0.25) is 10.1 Å². The zero-order valence-corrected chi connectivity index (χ0v) is 13.2. The molecule has 114 valence electrons. The summed E-state index contributed by atoms with van der Waals surface area (Å²) >= 11 is 2.60. The van der Waals surface area contributed by atoms with Crippen LogP contribution in [-0.4, -0.2) is 34.3 Å². The zero-order valence-electron chi connectivity index (χ0n) is 11.6. The number of rotatable bonds is 3. The first-order valence-corrected chi connectivity index (χ1v) is 7.99. The first-order chi connectivity index (χ1) is 11.1. The molecule has 0 aliphatic rings. The van der Waals surface area contributed by atoms with Crippen LogP contribution < -0.4 is 0 Å². The van der Waals surface area contributed by atoms with Gasteiger partial charge in [0.25, 0.3) is 5.69 Å². The van der Waals surface area contributed by atoms with Gasteiger partial charge in [0, 0.05) is 17.7 Å². The number of hydrogen-bond donors (Lipinski definition) is 0. The zero-order chi connectivity index (χ0) is 16.0. The predicted octanol–water partition coefficient (Wildman–Crippen LogP) is 2.59. The second-order valence-corrected chi connectivity index (χ2v) is 6.33. The monoisotopic (exact) mass is 345 g/mol. The number of nitro groups is 1. The Hall–Kier alpha value is -2.79. The first-order valence-electron chi connectivity index (χ1n) is 6.40. The minimum absolute atomic E-state index is 0.0452. The molecule has 3 aromatic heterocycles. The van der Waals surface area contributed by atoms with Crippen LogP contribution in [0.2, 0.25) is 0 Å². The standard InChI is InChI=1S/C12H7N7O2S2/c1-6-9(23-17-13-6)10-14-15-12-18(10)16-11(22-12)7-2-4-8(5-3-7)19(20)21/h2-5H,1H3. The van der Waals surface area contributed by atoms with Crippen LogP contribution in [0.15, 0.2) is 24.3 Å². The molecule has 0 saturated carbocycles. The van der Waals surface area contributed by atoms with Crippen molar-refractivity contribution in [3.05, 3.63) is 40.1 Å². The molecule has 3 heterocycles. The van der Waals surface area contributed by atoms with Crippen molar-refractivity contribution in [2.24, 2.45) is 0 Å². The molecule has 0 bridgehead atoms. The van der Waals surface area contributed by atoms with Crippen LogP contribution in [-0.2, 0) is 0 Å². The lowest BCUT2D eigenvalue weighted by molar-refractivity contribution is -0.384. The van der Waals surface area contributed by atoms with Gasteiger partial charge in [0.05, 0.1) is 10.6 Å². The van der Waals surface area contributed by atoms with E-state index >= 15 is 0 Å². The number of benzene rings is 1. The van der Waals surface area contributed by atoms with Crippen molar-refractivity contribution in [2.75, 3.05) is 0 Å². The third kappa shape index (κ3) is 2.26. The Bertz CT molecular complexity index is 1020. The van der Waals surface area contributed by atoms with Crippen molar-refractivity contribution in [1.29, 1.82) is 0 Å². The number of nitrogens with zero attached hydrogens (tertiary/aromatic N) is 7. The quantitative estimate of drug-likeness (QED) is 0.414. The fourth-order valence-corrected chi connectivity index (χ4v) is 3.51. The van der Waals surface area contributed by atoms with Crippen molar-refractivity contribution >= 4 is 33.5 Å². The highest BCUT2D eigenvalue weighted by Gasteiger charge is 2.18. The van der Waals surface area contributed by atoms with Crippen molar-refractivity contribution in [2.45, 2.75) is 6.92 Å². The van der Waals surface area contributed by atoms with E-state index in [4.69, 9.17) is 0 Å². The minimum Gasteiger partial charge on any atom is -0.258 e. The molecule has 0 atom stereocenters. The second kappa shape index (κ2) is 5.14. The maximum atomic E-state index is 10.7. The lowest BCUT2D eigenvalue weighted by Gasteiger charge is -1.95. The van der Waals surface area contributed by atoms with E-state index in [1.165, 1.54) is 35.0 Å². The van der Waals surface area contributed by atoms with E-state index in [0.717, 1.165) is 16.1 Å². The van der Waals surface area contributed by atoms with E-state index in [1.54, 1.807) is 16.6 Å². The molecule has 0 aliphatic heterocycles. The van der Waals surface area contributed by atoms with Crippen LogP contribution in [0.5, 0.6) is 0 Å². The average molecular weight is 345 g/mol. The number of hydrogen-bond acceptors (Lipinski definition) is 9. The van der Waals surface area contributed by atoms with E-state index in [1.807, 2.05) is 6.92 Å². The highest BCUT2D eigenvalue weighted by molar-refractivity contribution is 7.19. The summed E-state index contributed by atoms with van der Waals surface area (Å²) in [5, 5.41) is 28.2. The molecule has 0 aliphatic carbocycles. The maximum absolute atomic E-state index is 10.7. The fourth-order valence-electron chi connectivity index (χ4n) is 2.04. The normalized spacial score (nSPS) is 11.2. The van der Waals surface area contributed by atoms with Crippen LogP contribution in [0.4, 0.5) is 5.69 Å². The Morgan fingerprint density at radius 1 is 1.17 bits per heavy atom. The Balaban J connectivity index is 1.79. The molecule has 0 spiro atoms. The van der Waals surface area contributed by atoms with E-state index in [-0.39, 0.29) is 5.69 Å². The number of aromatic nitrogens is 6. The smallest absolute Gasteiger partial charge is 0.258 e. The topological polar surface area (TPSA) is 112 Å². The molecular weight excluding hydrogens is 338 g/mol. The molecule has 0 radical (unpaired) electrons. The van der Waals surface area contributed by atoms with Crippen molar-refractivity contribution < 1.29 is 4.92 Å². The van der Waals surface area contributed by atoms with Gasteiger partial charge < -0.3 is 0 Å². The van der Waals surface area contributed by atoms with Gasteiger partial charge in [0.1, 0.15) is 9.88 Å². The molecule has 23 heavy (non-hydrogen) atoms. The molecule has 0 N–H and O–H groups in total. The van der Waals surface area contributed by atoms with Gasteiger partial charge in [-0.1, -0.05) is 15.8 Å². The van der Waals surface area contributed by atoms with Crippen LogP contribution in [0.3, 0.4) is 0 Å². The lowest BCUT2D eigenvalue weighted by Crippen LogP contribution is -1.91. The summed E-state index contributed by atoms with van der Waals surface area (Å²) in [7, 11) is 0. The summed E-state index contributed by atoms with van der Waals surface area (Å²) in [5.74, 6) is 0.594. The Morgan fingerprint density at radius 3 is 2.61 bits per heavy atom. The molecule has 0 amide bonds. The van der Waals surface area contributed by atoms with Crippen LogP contribution in [0.1, 0.15) is 5.69 Å². The number of aryl methyl sites for hydroxylation is 1. The second-order valence-electron chi connectivity index (χ2n) is 4.62. The third-order valence-electron chi connectivity index (χ3n) is 3.17. The van der Waals surface area contributed by atoms with Crippen molar-refractivity contribution in [1.82, 2.24) is 29.4 Å². The van der Waals surface area contributed by atoms with Gasteiger partial charge in [0.15, 0.2) is 5.82 Å². The van der Waals surface area contributed by atoms with Crippen molar-refractivity contribution in [3.63, 3.8) is 0 Å². The summed E-state index contributed by atoms with van der Waals surface area (Å²) in [5.41, 5.74) is 1.61. The van der Waals surface area contributed by atoms with E-state index in [2.05, 4.69) is 24.9 Å². The van der Waals surface area contributed by atoms with Gasteiger partial charge >= 0.3 is 0 Å². The Morgan fingerprint density at radius 2 is 1.96 bits per heavy atom. The minimum atomic E-state index is -0.431. The number of non-ortho nitro benzene ring substituents is 1. The van der Waals surface area contributed by atoms with Gasteiger partial charge in [-0.15, -0.1) is 15.3 Å². The summed E-state index contributed by atoms with van der Waals surface area (Å²) in [6.07, 6.45) is 0. The Labute approximate surface area is 136 Å². The highest BCUT2D eigenvalue weighted by atomic mass is 32.1. The highest BCUT2D eigenvalue weighted by Crippen LogP contribution is 2.30. The molecule has 0 unspecified atom stereocenters. The predicted molar refractivity (Wildman–Crippen MR) is 84.4 cm³/mol. The number of nitro benzene ring substituents is 1. The first kappa shape index (κ1) is 13.8. The summed E-state index contributed by atoms with van der Waals surface area (Å²) < 4.78 is 5.54. The summed E-state index contributed by atoms with van der Waals surface area (Å²) in [6, 6.07) is 6.25. The lowest BCUT2D eigenvalue weighted by atomic mass is 10.2. The molecule has 0 saturated heterocycles. The molecule has 4 aromatic rings.